The van der Waals surface area contributed by atoms with Gasteiger partial charge in [-0.15, -0.1) is 10.2 Å². The lowest BCUT2D eigenvalue weighted by Gasteiger charge is -1.97. The zero-order valence-corrected chi connectivity index (χ0v) is 9.58. The predicted molar refractivity (Wildman–Crippen MR) is 56.8 cm³/mol. The smallest absolute Gasteiger partial charge is 0.250 e. The summed E-state index contributed by atoms with van der Waals surface area (Å²) in [5, 5.41) is 7.56. The highest BCUT2D eigenvalue weighted by atomic mass is 79.9. The number of rotatable bonds is 2. The molecule has 3 nitrogen and oxygen atoms in total. The standard InChI is InChI=1S/C10H8BrFN2O/c1-2-9-13-14-10(15-9)7-5-6(11)3-4-8(7)12/h3-5H,2H2,1H3. The van der Waals surface area contributed by atoms with Crippen molar-refractivity contribution in [2.24, 2.45) is 0 Å². The molecule has 2 rings (SSSR count). The Kier molecular flexibility index (Phi) is 2.81. The lowest BCUT2D eigenvalue weighted by atomic mass is 10.2. The highest BCUT2D eigenvalue weighted by Gasteiger charge is 2.12. The van der Waals surface area contributed by atoms with Crippen LogP contribution < -0.4 is 0 Å². The number of benzene rings is 1. The van der Waals surface area contributed by atoms with E-state index < -0.39 is 0 Å². The highest BCUT2D eigenvalue weighted by molar-refractivity contribution is 9.10. The number of hydrogen-bond acceptors (Lipinski definition) is 3. The van der Waals surface area contributed by atoms with Crippen molar-refractivity contribution in [1.82, 2.24) is 10.2 Å². The molecule has 0 bridgehead atoms. The van der Waals surface area contributed by atoms with Crippen LogP contribution in [0.5, 0.6) is 0 Å². The molecule has 1 heterocycles. The summed E-state index contributed by atoms with van der Waals surface area (Å²) in [5.41, 5.74) is 0.316. The third-order valence-electron chi connectivity index (χ3n) is 1.93. The molecule has 0 aliphatic heterocycles. The van der Waals surface area contributed by atoms with E-state index >= 15 is 0 Å². The second kappa shape index (κ2) is 4.10. The molecule has 78 valence electrons. The van der Waals surface area contributed by atoms with Crippen molar-refractivity contribution in [1.29, 1.82) is 0 Å². The maximum Gasteiger partial charge on any atom is 0.250 e. The first kappa shape index (κ1) is 10.3. The normalized spacial score (nSPS) is 10.6. The fraction of sp³-hybridized carbons (Fsp3) is 0.200. The van der Waals surface area contributed by atoms with E-state index in [1.54, 1.807) is 12.1 Å². The lowest BCUT2D eigenvalue weighted by molar-refractivity contribution is 0.508. The van der Waals surface area contributed by atoms with Gasteiger partial charge in [-0.3, -0.25) is 0 Å². The maximum atomic E-state index is 13.4. The average Bonchev–Trinajstić information content (AvgIpc) is 2.70. The summed E-state index contributed by atoms with van der Waals surface area (Å²) in [4.78, 5) is 0. The minimum absolute atomic E-state index is 0.214. The Hall–Kier alpha value is -1.23. The molecule has 0 aliphatic carbocycles. The molecule has 0 saturated carbocycles. The van der Waals surface area contributed by atoms with E-state index in [0.717, 1.165) is 4.47 Å². The Bertz CT molecular complexity index is 484. The molecule has 0 aliphatic rings. The largest absolute Gasteiger partial charge is 0.421 e. The van der Waals surface area contributed by atoms with E-state index in [9.17, 15) is 4.39 Å². The zero-order chi connectivity index (χ0) is 10.8. The molecule has 2 aromatic rings. The third-order valence-corrected chi connectivity index (χ3v) is 2.42. The first-order chi connectivity index (χ1) is 7.20. The van der Waals surface area contributed by atoms with Crippen LogP contribution in [0.3, 0.4) is 0 Å². The number of nitrogens with zero attached hydrogens (tertiary/aromatic N) is 2. The van der Waals surface area contributed by atoms with Gasteiger partial charge in [0.1, 0.15) is 5.82 Å². The van der Waals surface area contributed by atoms with Crippen molar-refractivity contribution in [3.8, 4) is 11.5 Å². The van der Waals surface area contributed by atoms with Crippen LogP contribution in [-0.2, 0) is 6.42 Å². The molecule has 1 aromatic heterocycles. The summed E-state index contributed by atoms with van der Waals surface area (Å²) in [6.45, 7) is 1.90. The molecular formula is C10H8BrFN2O. The number of halogens is 2. The van der Waals surface area contributed by atoms with Gasteiger partial charge in [0.25, 0.3) is 5.89 Å². The first-order valence-electron chi connectivity index (χ1n) is 4.48. The van der Waals surface area contributed by atoms with Crippen molar-refractivity contribution in [3.05, 3.63) is 34.4 Å². The van der Waals surface area contributed by atoms with Gasteiger partial charge in [0, 0.05) is 10.9 Å². The van der Waals surface area contributed by atoms with Crippen LogP contribution in [-0.4, -0.2) is 10.2 Å². The predicted octanol–water partition coefficient (Wildman–Crippen LogP) is 3.20. The van der Waals surface area contributed by atoms with Gasteiger partial charge >= 0.3 is 0 Å². The molecule has 1 aromatic carbocycles. The minimum atomic E-state index is -0.371. The second-order valence-corrected chi connectivity index (χ2v) is 3.89. The number of aromatic nitrogens is 2. The van der Waals surface area contributed by atoms with Crippen molar-refractivity contribution < 1.29 is 8.81 Å². The maximum absolute atomic E-state index is 13.4. The van der Waals surface area contributed by atoms with E-state index in [1.165, 1.54) is 6.07 Å². The zero-order valence-electron chi connectivity index (χ0n) is 8.00. The third kappa shape index (κ3) is 2.07. The van der Waals surface area contributed by atoms with Gasteiger partial charge in [0.2, 0.25) is 5.89 Å². The first-order valence-corrected chi connectivity index (χ1v) is 5.28. The highest BCUT2D eigenvalue weighted by Crippen LogP contribution is 2.25. The molecule has 0 N–H and O–H groups in total. The van der Waals surface area contributed by atoms with Crippen molar-refractivity contribution in [3.63, 3.8) is 0 Å². The van der Waals surface area contributed by atoms with Crippen molar-refractivity contribution >= 4 is 15.9 Å². The van der Waals surface area contributed by atoms with Crippen LogP contribution in [0.15, 0.2) is 27.1 Å². The quantitative estimate of drug-likeness (QED) is 0.841. The molecule has 0 radical (unpaired) electrons. The average molecular weight is 271 g/mol. The molecule has 0 unspecified atom stereocenters. The fourth-order valence-electron chi connectivity index (χ4n) is 1.17. The van der Waals surface area contributed by atoms with Crippen LogP contribution in [0, 0.1) is 5.82 Å². The number of aryl methyl sites for hydroxylation is 1. The monoisotopic (exact) mass is 270 g/mol. The Balaban J connectivity index is 2.48. The second-order valence-electron chi connectivity index (χ2n) is 2.98. The summed E-state index contributed by atoms with van der Waals surface area (Å²) >= 11 is 3.26. The molecule has 0 saturated heterocycles. The summed E-state index contributed by atoms with van der Waals surface area (Å²) in [6, 6.07) is 4.59. The summed E-state index contributed by atoms with van der Waals surface area (Å²) in [5.74, 6) is 0.347. The van der Waals surface area contributed by atoms with E-state index in [0.29, 0.717) is 17.9 Å². The minimum Gasteiger partial charge on any atom is -0.421 e. The van der Waals surface area contributed by atoms with Gasteiger partial charge in [-0.2, -0.15) is 0 Å². The fourth-order valence-corrected chi connectivity index (χ4v) is 1.53. The molecule has 5 heteroatoms. The van der Waals surface area contributed by atoms with Gasteiger partial charge in [0.15, 0.2) is 0 Å². The Morgan fingerprint density at radius 2 is 2.20 bits per heavy atom. The van der Waals surface area contributed by atoms with Crippen molar-refractivity contribution in [2.75, 3.05) is 0 Å². The van der Waals surface area contributed by atoms with Crippen LogP contribution in [0.1, 0.15) is 12.8 Å². The Morgan fingerprint density at radius 1 is 1.40 bits per heavy atom. The molecule has 0 atom stereocenters. The molecule has 0 spiro atoms. The summed E-state index contributed by atoms with van der Waals surface area (Å²) in [7, 11) is 0. The van der Waals surface area contributed by atoms with Crippen LogP contribution in [0.2, 0.25) is 0 Å². The summed E-state index contributed by atoms with van der Waals surface area (Å²) in [6.07, 6.45) is 0.641. The van der Waals surface area contributed by atoms with Crippen LogP contribution in [0.25, 0.3) is 11.5 Å². The lowest BCUT2D eigenvalue weighted by Crippen LogP contribution is -1.84. The van der Waals surface area contributed by atoms with Gasteiger partial charge in [-0.25, -0.2) is 4.39 Å². The van der Waals surface area contributed by atoms with E-state index in [2.05, 4.69) is 26.1 Å². The SMILES string of the molecule is CCc1nnc(-c2cc(Br)ccc2F)o1. The van der Waals surface area contributed by atoms with Crippen molar-refractivity contribution in [2.45, 2.75) is 13.3 Å². The molecular weight excluding hydrogens is 263 g/mol. The van der Waals surface area contributed by atoms with E-state index in [4.69, 9.17) is 4.42 Å². The molecule has 15 heavy (non-hydrogen) atoms. The molecule has 0 amide bonds. The van der Waals surface area contributed by atoms with E-state index in [1.807, 2.05) is 6.92 Å². The number of hydrogen-bond donors (Lipinski definition) is 0. The Morgan fingerprint density at radius 3 is 2.87 bits per heavy atom. The van der Waals surface area contributed by atoms with Gasteiger partial charge < -0.3 is 4.42 Å². The van der Waals surface area contributed by atoms with Gasteiger partial charge in [0.05, 0.1) is 5.56 Å². The Labute approximate surface area is 94.5 Å². The molecule has 0 fully saturated rings. The topological polar surface area (TPSA) is 38.9 Å². The van der Waals surface area contributed by atoms with Gasteiger partial charge in [-0.1, -0.05) is 22.9 Å². The summed E-state index contributed by atoms with van der Waals surface area (Å²) < 4.78 is 19.5. The van der Waals surface area contributed by atoms with Crippen LogP contribution >= 0.6 is 15.9 Å². The van der Waals surface area contributed by atoms with E-state index in [-0.39, 0.29) is 11.7 Å². The van der Waals surface area contributed by atoms with Gasteiger partial charge in [-0.05, 0) is 18.2 Å². The van der Waals surface area contributed by atoms with Crippen LogP contribution in [0.4, 0.5) is 4.39 Å².